The van der Waals surface area contributed by atoms with Crippen molar-refractivity contribution in [2.75, 3.05) is 18.4 Å². The van der Waals surface area contributed by atoms with Crippen LogP contribution in [0.2, 0.25) is 10.0 Å². The van der Waals surface area contributed by atoms with Gasteiger partial charge in [-0.15, -0.1) is 0 Å². The molecule has 0 unspecified atom stereocenters. The number of hydrogen-bond donors (Lipinski definition) is 1. The van der Waals surface area contributed by atoms with Crippen molar-refractivity contribution in [3.8, 4) is 0 Å². The summed E-state index contributed by atoms with van der Waals surface area (Å²) in [5.74, 6) is -1.19. The Hall–Kier alpha value is -1.26. The van der Waals surface area contributed by atoms with Gasteiger partial charge in [-0.3, -0.25) is 9.59 Å². The third-order valence-electron chi connectivity index (χ3n) is 2.65. The molecule has 1 aromatic rings. The van der Waals surface area contributed by atoms with Gasteiger partial charge in [0.1, 0.15) is 0 Å². The Morgan fingerprint density at radius 1 is 1.10 bits per heavy atom. The largest absolute Gasteiger partial charge is 0.334 e. The summed E-state index contributed by atoms with van der Waals surface area (Å²) in [5.41, 5.74) is 0.450. The summed E-state index contributed by atoms with van der Waals surface area (Å²) in [6.07, 6.45) is 1.62. The Bertz CT molecular complexity index is 486. The van der Waals surface area contributed by atoms with Gasteiger partial charge in [0.15, 0.2) is 0 Å². The first-order valence-electron chi connectivity index (χ1n) is 6.54. The maximum atomic E-state index is 12.0. The number of nitrogens with one attached hydrogen (secondary N) is 1. The van der Waals surface area contributed by atoms with Gasteiger partial charge in [-0.25, -0.2) is 0 Å². The summed E-state index contributed by atoms with van der Waals surface area (Å²) in [7, 11) is 0. The zero-order valence-electron chi connectivity index (χ0n) is 11.6. The SMILES string of the molecule is CCCN(CCC)C(=O)C(=O)Nc1ccc(Cl)c(Cl)c1. The first-order valence-corrected chi connectivity index (χ1v) is 7.30. The number of amides is 2. The second-order valence-corrected chi connectivity index (χ2v) is 5.19. The lowest BCUT2D eigenvalue weighted by Gasteiger charge is -2.20. The van der Waals surface area contributed by atoms with Gasteiger partial charge >= 0.3 is 11.8 Å². The molecule has 6 heteroatoms. The fourth-order valence-electron chi connectivity index (χ4n) is 1.76. The minimum atomic E-state index is -0.662. The van der Waals surface area contributed by atoms with Crippen molar-refractivity contribution in [2.45, 2.75) is 26.7 Å². The first-order chi connectivity index (χ1) is 9.49. The summed E-state index contributed by atoms with van der Waals surface area (Å²) >= 11 is 11.7. The molecule has 0 fully saturated rings. The fourth-order valence-corrected chi connectivity index (χ4v) is 2.05. The molecule has 0 heterocycles. The highest BCUT2D eigenvalue weighted by Crippen LogP contribution is 2.24. The van der Waals surface area contributed by atoms with Gasteiger partial charge in [0.2, 0.25) is 0 Å². The Kier molecular flexibility index (Phi) is 6.82. The minimum Gasteiger partial charge on any atom is -0.334 e. The van der Waals surface area contributed by atoms with Gasteiger partial charge in [-0.05, 0) is 31.0 Å². The lowest BCUT2D eigenvalue weighted by molar-refractivity contribution is -0.143. The van der Waals surface area contributed by atoms with Crippen LogP contribution in [0.25, 0.3) is 0 Å². The van der Waals surface area contributed by atoms with E-state index in [9.17, 15) is 9.59 Å². The average Bonchev–Trinajstić information content (AvgIpc) is 2.42. The molecule has 4 nitrogen and oxygen atoms in total. The molecule has 110 valence electrons. The van der Waals surface area contributed by atoms with Crippen molar-refractivity contribution < 1.29 is 9.59 Å². The van der Waals surface area contributed by atoms with Gasteiger partial charge in [0.25, 0.3) is 0 Å². The van der Waals surface area contributed by atoms with Crippen LogP contribution in [0, 0.1) is 0 Å². The Labute approximate surface area is 129 Å². The lowest BCUT2D eigenvalue weighted by Crippen LogP contribution is -2.40. The van der Waals surface area contributed by atoms with Crippen molar-refractivity contribution >= 4 is 40.7 Å². The molecule has 0 aromatic heterocycles. The molecule has 1 rings (SSSR count). The van der Waals surface area contributed by atoms with E-state index in [0.717, 1.165) is 12.8 Å². The third kappa shape index (κ3) is 4.69. The van der Waals surface area contributed by atoms with E-state index in [0.29, 0.717) is 28.8 Å². The summed E-state index contributed by atoms with van der Waals surface area (Å²) in [5, 5.41) is 3.26. The quantitative estimate of drug-likeness (QED) is 0.844. The molecule has 1 aromatic carbocycles. The van der Waals surface area contributed by atoms with Crippen LogP contribution < -0.4 is 5.32 Å². The van der Waals surface area contributed by atoms with E-state index in [1.807, 2.05) is 13.8 Å². The molecule has 0 bridgehead atoms. The van der Waals surface area contributed by atoms with Gasteiger partial charge in [-0.2, -0.15) is 0 Å². The summed E-state index contributed by atoms with van der Waals surface area (Å²) in [6.45, 7) is 5.07. The molecule has 1 N–H and O–H groups in total. The molecule has 0 saturated carbocycles. The Morgan fingerprint density at radius 2 is 1.70 bits per heavy atom. The van der Waals surface area contributed by atoms with E-state index in [1.165, 1.54) is 6.07 Å². The van der Waals surface area contributed by atoms with Crippen LogP contribution in [0.5, 0.6) is 0 Å². The molecule has 0 radical (unpaired) electrons. The summed E-state index contributed by atoms with van der Waals surface area (Å²) < 4.78 is 0. The zero-order valence-corrected chi connectivity index (χ0v) is 13.1. The molecule has 0 atom stereocenters. The highest BCUT2D eigenvalue weighted by molar-refractivity contribution is 6.42. The molecule has 0 spiro atoms. The molecule has 0 aliphatic rings. The van der Waals surface area contributed by atoms with Gasteiger partial charge < -0.3 is 10.2 Å². The maximum Gasteiger partial charge on any atom is 0.313 e. The second kappa shape index (κ2) is 8.12. The van der Waals surface area contributed by atoms with Crippen LogP contribution in [0.3, 0.4) is 0 Å². The van der Waals surface area contributed by atoms with Gasteiger partial charge in [-0.1, -0.05) is 37.0 Å². The van der Waals surface area contributed by atoms with Gasteiger partial charge in [0, 0.05) is 18.8 Å². The van der Waals surface area contributed by atoms with E-state index in [2.05, 4.69) is 5.32 Å². The number of carbonyl (C=O) groups is 2. The highest BCUT2D eigenvalue weighted by Gasteiger charge is 2.20. The van der Waals surface area contributed by atoms with E-state index in [4.69, 9.17) is 23.2 Å². The molecule has 2 amide bonds. The van der Waals surface area contributed by atoms with Crippen LogP contribution in [-0.2, 0) is 9.59 Å². The predicted octanol–water partition coefficient (Wildman–Crippen LogP) is 3.58. The third-order valence-corrected chi connectivity index (χ3v) is 3.39. The second-order valence-electron chi connectivity index (χ2n) is 4.38. The minimum absolute atomic E-state index is 0.330. The van der Waals surface area contributed by atoms with Crippen LogP contribution in [0.4, 0.5) is 5.69 Å². The number of benzene rings is 1. The number of nitrogens with zero attached hydrogens (tertiary/aromatic N) is 1. The normalized spacial score (nSPS) is 10.2. The molecular weight excluding hydrogens is 299 g/mol. The van der Waals surface area contributed by atoms with Crippen LogP contribution in [0.15, 0.2) is 18.2 Å². The van der Waals surface area contributed by atoms with E-state index < -0.39 is 11.8 Å². The predicted molar refractivity (Wildman–Crippen MR) is 82.3 cm³/mol. The first kappa shape index (κ1) is 16.8. The van der Waals surface area contributed by atoms with Crippen molar-refractivity contribution in [1.29, 1.82) is 0 Å². The van der Waals surface area contributed by atoms with Crippen LogP contribution in [-0.4, -0.2) is 29.8 Å². The van der Waals surface area contributed by atoms with Crippen LogP contribution in [0.1, 0.15) is 26.7 Å². The van der Waals surface area contributed by atoms with Crippen molar-refractivity contribution in [1.82, 2.24) is 4.90 Å². The van der Waals surface area contributed by atoms with E-state index in [-0.39, 0.29) is 0 Å². The van der Waals surface area contributed by atoms with Crippen molar-refractivity contribution in [3.63, 3.8) is 0 Å². The fraction of sp³-hybridized carbons (Fsp3) is 0.429. The summed E-state index contributed by atoms with van der Waals surface area (Å²) in [4.78, 5) is 25.5. The molecular formula is C14H18Cl2N2O2. The standard InChI is InChI=1S/C14H18Cl2N2O2/c1-3-7-18(8-4-2)14(20)13(19)17-10-5-6-11(15)12(16)9-10/h5-6,9H,3-4,7-8H2,1-2H3,(H,17,19). The summed E-state index contributed by atoms with van der Waals surface area (Å²) in [6, 6.07) is 4.68. The lowest BCUT2D eigenvalue weighted by atomic mass is 10.3. The van der Waals surface area contributed by atoms with E-state index >= 15 is 0 Å². The van der Waals surface area contributed by atoms with E-state index in [1.54, 1.807) is 17.0 Å². The van der Waals surface area contributed by atoms with Crippen molar-refractivity contribution in [3.05, 3.63) is 28.2 Å². The molecule has 0 aliphatic heterocycles. The van der Waals surface area contributed by atoms with Crippen molar-refractivity contribution in [2.24, 2.45) is 0 Å². The smallest absolute Gasteiger partial charge is 0.313 e. The Balaban J connectivity index is 2.73. The monoisotopic (exact) mass is 316 g/mol. The molecule has 0 saturated heterocycles. The number of hydrogen-bond acceptors (Lipinski definition) is 2. The number of anilines is 1. The highest BCUT2D eigenvalue weighted by atomic mass is 35.5. The topological polar surface area (TPSA) is 49.4 Å². The molecule has 0 aliphatic carbocycles. The Morgan fingerprint density at radius 3 is 2.20 bits per heavy atom. The number of rotatable bonds is 5. The molecule has 20 heavy (non-hydrogen) atoms. The maximum absolute atomic E-state index is 12.0. The number of carbonyl (C=O) groups excluding carboxylic acids is 2. The van der Waals surface area contributed by atoms with Crippen LogP contribution >= 0.6 is 23.2 Å². The zero-order chi connectivity index (χ0) is 15.1. The average molecular weight is 317 g/mol. The number of halogens is 2. The van der Waals surface area contributed by atoms with Gasteiger partial charge in [0.05, 0.1) is 10.0 Å².